The first-order chi connectivity index (χ1) is 60.0. The van der Waals surface area contributed by atoms with E-state index >= 15 is 28.8 Å². The molecule has 38 heteroatoms. The van der Waals surface area contributed by atoms with Crippen molar-refractivity contribution in [3.05, 3.63) is 142 Å². The van der Waals surface area contributed by atoms with Crippen molar-refractivity contribution < 1.29 is 122 Å². The zero-order valence-corrected chi connectivity index (χ0v) is 70.9. The molecule has 0 aromatic heterocycles. The van der Waals surface area contributed by atoms with E-state index in [0.717, 1.165) is 74.6 Å². The summed E-state index contributed by atoms with van der Waals surface area (Å²) in [5.41, 5.74) is 9.40. The summed E-state index contributed by atoms with van der Waals surface area (Å²) in [5, 5.41) is 123. The van der Waals surface area contributed by atoms with Crippen molar-refractivity contribution in [2.24, 2.45) is 41.1 Å². The lowest BCUT2D eigenvalue weighted by Crippen LogP contribution is -2.64. The first kappa shape index (κ1) is 91.2. The van der Waals surface area contributed by atoms with Crippen LogP contribution >= 0.6 is 11.6 Å². The van der Waals surface area contributed by atoms with E-state index in [0.29, 0.717) is 37.2 Å². The van der Waals surface area contributed by atoms with Gasteiger partial charge in [-0.3, -0.25) is 43.7 Å². The Morgan fingerprint density at radius 2 is 1.33 bits per heavy atom. The van der Waals surface area contributed by atoms with Crippen LogP contribution in [0.2, 0.25) is 5.02 Å². The molecule has 15 bridgehead atoms. The molecule has 6 fully saturated rings. The van der Waals surface area contributed by atoms with Gasteiger partial charge < -0.3 is 138 Å². The lowest BCUT2D eigenvalue weighted by atomic mass is 9.54. The zero-order chi connectivity index (χ0) is 90.2. The number of benzene rings is 6. The molecule has 17 rings (SSSR count). The van der Waals surface area contributed by atoms with E-state index in [9.17, 15) is 55.2 Å². The minimum Gasteiger partial charge on any atom is -0.507 e. The number of nitrogens with one attached hydrogen (secondary N) is 10. The number of nitrogens with two attached hydrogens (primary N) is 2. The van der Waals surface area contributed by atoms with Crippen LogP contribution in [0.4, 0.5) is 10.5 Å². The largest absolute Gasteiger partial charge is 0.507 e. The van der Waals surface area contributed by atoms with Crippen molar-refractivity contribution in [3.8, 4) is 62.9 Å². The molecule has 126 heavy (non-hydrogen) atoms. The number of fused-ring (bicyclic) bond motifs is 15. The van der Waals surface area contributed by atoms with Gasteiger partial charge in [-0.15, -0.1) is 0 Å². The van der Waals surface area contributed by atoms with Crippen LogP contribution in [0.15, 0.2) is 103 Å². The Kier molecular flexibility index (Phi) is 27.7. The molecule has 37 nitrogen and oxygen atoms in total. The van der Waals surface area contributed by atoms with Gasteiger partial charge in [0.1, 0.15) is 101 Å². The molecule has 22 N–H and O–H groups in total. The van der Waals surface area contributed by atoms with Gasteiger partial charge in [-0.05, 0) is 228 Å². The fourth-order valence-electron chi connectivity index (χ4n) is 18.5. The maximum Gasteiger partial charge on any atom is 0.417 e. The highest BCUT2D eigenvalue weighted by Crippen LogP contribution is 2.55. The number of hydrogen-bond acceptors (Lipinski definition) is 28. The van der Waals surface area contributed by atoms with Crippen molar-refractivity contribution in [1.82, 2.24) is 47.9 Å². The monoisotopic (exact) mass is 1770 g/mol. The Hall–Kier alpha value is -11.0. The van der Waals surface area contributed by atoms with Gasteiger partial charge in [0.05, 0.1) is 42.9 Å². The van der Waals surface area contributed by atoms with Gasteiger partial charge in [0, 0.05) is 40.9 Å². The summed E-state index contributed by atoms with van der Waals surface area (Å²) in [6.07, 6.45) is -14.4. The summed E-state index contributed by atoms with van der Waals surface area (Å²) < 4.78 is 51.0. The first-order valence-corrected chi connectivity index (χ1v) is 42.4. The van der Waals surface area contributed by atoms with Crippen LogP contribution in [0.25, 0.3) is 11.1 Å². The number of phenols is 2. The fourth-order valence-corrected chi connectivity index (χ4v) is 18.7. The van der Waals surface area contributed by atoms with E-state index < -0.39 is 232 Å². The first-order valence-electron chi connectivity index (χ1n) is 42.1. The summed E-state index contributed by atoms with van der Waals surface area (Å²) in [6.45, 7) is 8.40. The number of aromatic hydroxyl groups is 2. The van der Waals surface area contributed by atoms with E-state index in [1.54, 1.807) is 24.3 Å². The molecule has 676 valence electrons. The average Bonchev–Trinajstić information content (AvgIpc) is 0.754. The van der Waals surface area contributed by atoms with E-state index in [2.05, 4.69) is 53.2 Å². The molecule has 4 saturated carbocycles. The Labute approximate surface area is 729 Å². The number of ether oxygens (including phenoxy) is 8. The van der Waals surface area contributed by atoms with Crippen LogP contribution in [0.5, 0.6) is 51.7 Å². The Bertz CT molecular complexity index is 5090. The molecule has 0 unspecified atom stereocenters. The molecule has 7 aliphatic heterocycles. The Balaban J connectivity index is 0.949. The van der Waals surface area contributed by atoms with Gasteiger partial charge in [0.2, 0.25) is 59.3 Å². The number of aliphatic hydroxyl groups excluding tert-OH is 6. The smallest absolute Gasteiger partial charge is 0.417 e. The number of halogens is 1. The number of carbonyl (C=O) groups is 9. The molecule has 9 amide bonds. The number of likely N-dealkylation sites (N-methyl/N-ethyl adjacent to an activating group) is 1. The number of hydrogen-bond donors (Lipinski definition) is 20. The average molecular weight is 1770 g/mol. The number of aliphatic hydroxyl groups is 6. The second-order valence-electron chi connectivity index (χ2n) is 34.5. The van der Waals surface area contributed by atoms with Gasteiger partial charge >= 0.3 is 6.09 Å². The molecular formula is C88H107ClN12O25. The summed E-state index contributed by atoms with van der Waals surface area (Å²) in [5.74, 6) is -12.3. The number of aryl methyl sites for hydroxylation is 1. The topological polar surface area (TPSA) is 562 Å². The fraction of sp³-hybridized carbons (Fsp3) is 0.489. The predicted octanol–water partition coefficient (Wildman–Crippen LogP) is 3.51. The van der Waals surface area contributed by atoms with Gasteiger partial charge in [0.15, 0.2) is 23.9 Å². The number of phenolic OH excluding ortho intramolecular Hbond substituents is 2. The van der Waals surface area contributed by atoms with E-state index in [-0.39, 0.29) is 81.2 Å². The quantitative estimate of drug-likeness (QED) is 0.0458. The highest BCUT2D eigenvalue weighted by atomic mass is 35.5. The third kappa shape index (κ3) is 19.9. The van der Waals surface area contributed by atoms with E-state index in [1.807, 2.05) is 20.9 Å². The third-order valence-electron chi connectivity index (χ3n) is 24.7. The number of anilines is 1. The molecule has 7 heterocycles. The third-order valence-corrected chi connectivity index (χ3v) is 25.0. The summed E-state index contributed by atoms with van der Waals surface area (Å²) in [6, 6.07) is 7.43. The van der Waals surface area contributed by atoms with Crippen molar-refractivity contribution in [3.63, 3.8) is 0 Å². The van der Waals surface area contributed by atoms with Gasteiger partial charge in [-0.2, -0.15) is 0 Å². The number of rotatable bonds is 21. The zero-order valence-electron chi connectivity index (χ0n) is 70.1. The van der Waals surface area contributed by atoms with Crippen molar-refractivity contribution in [2.75, 3.05) is 39.2 Å². The van der Waals surface area contributed by atoms with Crippen LogP contribution in [0, 0.1) is 36.5 Å². The maximum absolute atomic E-state index is 16.6. The highest BCUT2D eigenvalue weighted by Gasteiger charge is 2.53. The van der Waals surface area contributed by atoms with Crippen LogP contribution in [0.3, 0.4) is 0 Å². The van der Waals surface area contributed by atoms with Gasteiger partial charge in [-0.25, -0.2) is 4.79 Å². The molecule has 18 atom stereocenters. The number of carbonyl (C=O) groups excluding carboxylic acids is 9. The molecule has 11 aliphatic rings. The molecule has 0 radical (unpaired) electrons. The van der Waals surface area contributed by atoms with Gasteiger partial charge in [-0.1, -0.05) is 43.6 Å². The minimum absolute atomic E-state index is 0.0174. The van der Waals surface area contributed by atoms with E-state index in [4.69, 9.17) is 61.0 Å². The normalized spacial score (nSPS) is 30.2. The number of primary amides is 1. The second-order valence-corrected chi connectivity index (χ2v) is 34.9. The van der Waals surface area contributed by atoms with Crippen molar-refractivity contribution >= 4 is 70.6 Å². The SMILES string of the molecule is CNCCCOc1ccc(NC(=O)Oc2cc(O)c3c(c2)[C@@H](C(=O)NC2C4CC5CC(C4)CC2C5)NC(=O)[C@H]2NC(=O)[C@H](NC(=O)[C@@H]4NC(=O)[C@H](CC(N)=O)NC(=O)[C@H](NC(=O)[C@@H](CC(C)C)NC)[C@H](O)c5ccc(c(C)c5)Oc5cc4cc(c5O[C@@H]4O[C@H](CO)[C@@H](O)[C@H](O)[C@H]4O[C@H]4C[C@](C)(N)[C@H](O)[C@H](C)O4)Oc4ccc(cc4Cl)[C@H]2O)c2ccc(O)c-3c2)cc1. The number of amides is 9. The molecule has 6 aromatic rings. The second kappa shape index (κ2) is 38.3. The summed E-state index contributed by atoms with van der Waals surface area (Å²) >= 11 is 7.32. The van der Waals surface area contributed by atoms with Crippen LogP contribution in [-0.2, 0) is 52.6 Å². The summed E-state index contributed by atoms with van der Waals surface area (Å²) in [4.78, 5) is 137. The highest BCUT2D eigenvalue weighted by molar-refractivity contribution is 6.32. The van der Waals surface area contributed by atoms with Crippen molar-refractivity contribution in [2.45, 2.75) is 208 Å². The van der Waals surface area contributed by atoms with Crippen LogP contribution in [-0.4, -0.2) is 213 Å². The van der Waals surface area contributed by atoms with Crippen LogP contribution < -0.4 is 88.3 Å². The Morgan fingerprint density at radius 1 is 0.683 bits per heavy atom. The summed E-state index contributed by atoms with van der Waals surface area (Å²) in [7, 11) is 3.32. The Morgan fingerprint density at radius 3 is 1.98 bits per heavy atom. The van der Waals surface area contributed by atoms with E-state index in [1.165, 1.54) is 64.2 Å². The maximum atomic E-state index is 16.6. The van der Waals surface area contributed by atoms with Crippen LogP contribution in [0.1, 0.15) is 149 Å². The minimum atomic E-state index is -2.33. The van der Waals surface area contributed by atoms with Crippen molar-refractivity contribution in [1.29, 1.82) is 0 Å². The lowest BCUT2D eigenvalue weighted by Gasteiger charge is -2.54. The predicted molar refractivity (Wildman–Crippen MR) is 449 cm³/mol. The molecule has 2 saturated heterocycles. The van der Waals surface area contributed by atoms with Gasteiger partial charge in [0.25, 0.3) is 0 Å². The molecule has 0 spiro atoms. The molecular weight excluding hydrogens is 1660 g/mol. The molecule has 4 aliphatic carbocycles. The standard InChI is InChI=1S/C88H107ClN12O25/c1-37(2)21-54(93-7)79(111)100-70-72(106)43-10-17-58(38(3)22-43)122-60-30-47-31-61(76(60)126-86-77(75(109)74(108)62(36-102)124-86)125-64-35-88(5,91)78(110)39(4)120-64)123-59-18-11-44(29-53(59)89)73(107)71-85(117)99-69(83(115)96-66-45-24-40-23-41(26-45)27-46(66)25-40)52-32-50(121-87(118)94-48-12-14-49(15-13-48)119-20-8-19-92-6)33-57(104)65(52)51-28-42(9-16-56(51)103)67(81(113)101-71)98-82(114)68(47)97-80(112)55(34-63(90)105)95-84(70)116/h9-18,22,28-33,37,39-41,45-46,54-55,62,64,66-75,77-78,86,92-93,102-104,106-110H,8,19-21,23-27,34-36,91H2,1-7H3,(H2,90,105)(H,94,118)(H,95,116)(H,96,115)(H,97,112)(H,98,114)(H,99,117)(H,100,111)(H,101,113)/t39-,40?,41?,45?,46?,54+,55-,62+,64-,66?,67+,68+,69-,70+,71-,72+,73+,74+,75-,77+,78+,86-,88-/m0/s1. The molecule has 6 aromatic carbocycles. The lowest BCUT2D eigenvalue weighted by molar-refractivity contribution is -0.333.